The molecule has 1 N–H and O–H groups in total. The first-order chi connectivity index (χ1) is 9.81. The first-order valence-electron chi connectivity index (χ1n) is 6.92. The smallest absolute Gasteiger partial charge is 0.158 e. The molecule has 100 valence electrons. The molecule has 1 aliphatic rings. The van der Waals surface area contributed by atoms with Crippen LogP contribution in [0.4, 0.5) is 5.69 Å². The maximum Gasteiger partial charge on any atom is 0.158 e. The SMILES string of the molecule is O=C1C=C(Nc2ccccc2)C[C@@H](c2ccccc2)C1. The van der Waals surface area contributed by atoms with Gasteiger partial charge >= 0.3 is 0 Å². The number of carbonyl (C=O) groups excluding carboxylic acids is 1. The minimum Gasteiger partial charge on any atom is -0.359 e. The fraction of sp³-hybridized carbons (Fsp3) is 0.167. The van der Waals surface area contributed by atoms with Gasteiger partial charge in [-0.15, -0.1) is 0 Å². The van der Waals surface area contributed by atoms with Gasteiger partial charge in [0.05, 0.1) is 0 Å². The summed E-state index contributed by atoms with van der Waals surface area (Å²) in [7, 11) is 0. The second-order valence-electron chi connectivity index (χ2n) is 5.14. The molecule has 0 aromatic heterocycles. The predicted molar refractivity (Wildman–Crippen MR) is 81.6 cm³/mol. The number of ketones is 1. The zero-order valence-electron chi connectivity index (χ0n) is 11.3. The Hall–Kier alpha value is -2.35. The van der Waals surface area contributed by atoms with Gasteiger partial charge in [0.2, 0.25) is 0 Å². The highest BCUT2D eigenvalue weighted by atomic mass is 16.1. The Morgan fingerprint density at radius 1 is 0.850 bits per heavy atom. The number of allylic oxidation sites excluding steroid dienone is 2. The second-order valence-corrected chi connectivity index (χ2v) is 5.14. The van der Waals surface area contributed by atoms with Gasteiger partial charge in [-0.25, -0.2) is 0 Å². The monoisotopic (exact) mass is 263 g/mol. The molecule has 0 fully saturated rings. The van der Waals surface area contributed by atoms with E-state index in [9.17, 15) is 4.79 Å². The average Bonchev–Trinajstić information content (AvgIpc) is 2.49. The summed E-state index contributed by atoms with van der Waals surface area (Å²) >= 11 is 0. The van der Waals surface area contributed by atoms with Crippen LogP contribution in [-0.4, -0.2) is 5.78 Å². The van der Waals surface area contributed by atoms with E-state index < -0.39 is 0 Å². The molecule has 0 aliphatic heterocycles. The van der Waals surface area contributed by atoms with E-state index in [4.69, 9.17) is 0 Å². The third-order valence-corrected chi connectivity index (χ3v) is 3.60. The molecular weight excluding hydrogens is 246 g/mol. The first-order valence-corrected chi connectivity index (χ1v) is 6.92. The van der Waals surface area contributed by atoms with Crippen LogP contribution in [0.3, 0.4) is 0 Å². The molecular formula is C18H17NO. The molecule has 1 aliphatic carbocycles. The quantitative estimate of drug-likeness (QED) is 0.902. The molecule has 2 nitrogen and oxygen atoms in total. The summed E-state index contributed by atoms with van der Waals surface area (Å²) in [6, 6.07) is 20.3. The van der Waals surface area contributed by atoms with Gasteiger partial charge < -0.3 is 5.32 Å². The maximum absolute atomic E-state index is 11.9. The van der Waals surface area contributed by atoms with Crippen molar-refractivity contribution >= 4 is 11.5 Å². The summed E-state index contributed by atoms with van der Waals surface area (Å²) in [4.78, 5) is 11.9. The second kappa shape index (κ2) is 5.74. The summed E-state index contributed by atoms with van der Waals surface area (Å²) in [6.45, 7) is 0. The maximum atomic E-state index is 11.9. The normalized spacial score (nSPS) is 18.5. The molecule has 3 rings (SSSR count). The van der Waals surface area contributed by atoms with Crippen LogP contribution in [0.1, 0.15) is 24.3 Å². The molecule has 2 aromatic rings. The Labute approximate surface area is 119 Å². The minimum absolute atomic E-state index is 0.198. The summed E-state index contributed by atoms with van der Waals surface area (Å²) < 4.78 is 0. The van der Waals surface area contributed by atoms with Crippen molar-refractivity contribution in [2.45, 2.75) is 18.8 Å². The van der Waals surface area contributed by atoms with E-state index in [0.29, 0.717) is 6.42 Å². The molecule has 0 heterocycles. The first kappa shape index (κ1) is 12.7. The van der Waals surface area contributed by atoms with Crippen LogP contribution in [-0.2, 0) is 4.79 Å². The Kier molecular flexibility index (Phi) is 3.64. The third-order valence-electron chi connectivity index (χ3n) is 3.60. The van der Waals surface area contributed by atoms with Crippen LogP contribution in [0.5, 0.6) is 0 Å². The number of benzene rings is 2. The molecule has 1 atom stereocenters. The number of para-hydroxylation sites is 1. The zero-order chi connectivity index (χ0) is 13.8. The van der Waals surface area contributed by atoms with Crippen molar-refractivity contribution in [2.75, 3.05) is 5.32 Å². The van der Waals surface area contributed by atoms with Crippen LogP contribution >= 0.6 is 0 Å². The fourth-order valence-electron chi connectivity index (χ4n) is 2.65. The largest absolute Gasteiger partial charge is 0.359 e. The zero-order valence-corrected chi connectivity index (χ0v) is 11.3. The van der Waals surface area contributed by atoms with Crippen molar-refractivity contribution in [2.24, 2.45) is 0 Å². The van der Waals surface area contributed by atoms with E-state index >= 15 is 0 Å². The van der Waals surface area contributed by atoms with E-state index in [1.165, 1.54) is 5.56 Å². The van der Waals surface area contributed by atoms with E-state index in [0.717, 1.165) is 17.8 Å². The summed E-state index contributed by atoms with van der Waals surface area (Å²) in [5.74, 6) is 0.475. The van der Waals surface area contributed by atoms with Crippen molar-refractivity contribution < 1.29 is 4.79 Å². The van der Waals surface area contributed by atoms with E-state index in [-0.39, 0.29) is 11.7 Å². The van der Waals surface area contributed by atoms with E-state index in [1.54, 1.807) is 6.08 Å². The highest BCUT2D eigenvalue weighted by Crippen LogP contribution is 2.31. The molecule has 0 saturated carbocycles. The summed E-state index contributed by atoms with van der Waals surface area (Å²) in [6.07, 6.45) is 3.22. The van der Waals surface area contributed by atoms with Crippen molar-refractivity contribution in [1.29, 1.82) is 0 Å². The minimum atomic E-state index is 0.198. The lowest BCUT2D eigenvalue weighted by Crippen LogP contribution is -2.16. The number of rotatable bonds is 3. The molecule has 0 amide bonds. The van der Waals surface area contributed by atoms with E-state index in [1.807, 2.05) is 48.5 Å². The topological polar surface area (TPSA) is 29.1 Å². The molecule has 0 saturated heterocycles. The van der Waals surface area contributed by atoms with Crippen LogP contribution in [0.25, 0.3) is 0 Å². The van der Waals surface area contributed by atoms with Gasteiger partial charge in [0, 0.05) is 23.9 Å². The van der Waals surface area contributed by atoms with Crippen LogP contribution < -0.4 is 5.32 Å². The molecule has 0 bridgehead atoms. The molecule has 0 spiro atoms. The number of carbonyl (C=O) groups is 1. The van der Waals surface area contributed by atoms with E-state index in [2.05, 4.69) is 17.4 Å². The number of hydrogen-bond donors (Lipinski definition) is 1. The van der Waals surface area contributed by atoms with Gasteiger partial charge in [-0.1, -0.05) is 48.5 Å². The Morgan fingerprint density at radius 3 is 2.20 bits per heavy atom. The number of nitrogens with one attached hydrogen (secondary N) is 1. The van der Waals surface area contributed by atoms with Gasteiger partial charge in [-0.05, 0) is 30.0 Å². The van der Waals surface area contributed by atoms with Gasteiger partial charge in [0.1, 0.15) is 0 Å². The molecule has 2 heteroatoms. The van der Waals surface area contributed by atoms with Gasteiger partial charge in [-0.2, -0.15) is 0 Å². The van der Waals surface area contributed by atoms with Crippen molar-refractivity contribution in [3.8, 4) is 0 Å². The van der Waals surface area contributed by atoms with Gasteiger partial charge in [0.25, 0.3) is 0 Å². The Balaban J connectivity index is 1.78. The van der Waals surface area contributed by atoms with Crippen LogP contribution in [0, 0.1) is 0 Å². The standard InChI is InChI=1S/C18H17NO/c20-18-12-15(14-7-3-1-4-8-14)11-17(13-18)19-16-9-5-2-6-10-16/h1-10,13,15,19H,11-12H2/t15-/m1/s1. The Morgan fingerprint density at radius 2 is 1.50 bits per heavy atom. The number of anilines is 1. The molecule has 20 heavy (non-hydrogen) atoms. The van der Waals surface area contributed by atoms with Gasteiger partial charge in [0.15, 0.2) is 5.78 Å². The highest BCUT2D eigenvalue weighted by molar-refractivity contribution is 5.92. The van der Waals surface area contributed by atoms with Gasteiger partial charge in [-0.3, -0.25) is 4.79 Å². The highest BCUT2D eigenvalue weighted by Gasteiger charge is 2.22. The van der Waals surface area contributed by atoms with Crippen molar-refractivity contribution in [3.63, 3.8) is 0 Å². The fourth-order valence-corrected chi connectivity index (χ4v) is 2.65. The lowest BCUT2D eigenvalue weighted by atomic mass is 9.85. The molecule has 0 radical (unpaired) electrons. The Bertz CT molecular complexity index is 616. The lowest BCUT2D eigenvalue weighted by molar-refractivity contribution is -0.115. The van der Waals surface area contributed by atoms with Crippen molar-refractivity contribution in [3.05, 3.63) is 78.0 Å². The van der Waals surface area contributed by atoms with Crippen LogP contribution in [0.2, 0.25) is 0 Å². The third kappa shape index (κ3) is 2.97. The molecule has 0 unspecified atom stereocenters. The van der Waals surface area contributed by atoms with Crippen LogP contribution in [0.15, 0.2) is 72.4 Å². The summed E-state index contributed by atoms with van der Waals surface area (Å²) in [5, 5.41) is 3.35. The lowest BCUT2D eigenvalue weighted by Gasteiger charge is -2.23. The summed E-state index contributed by atoms with van der Waals surface area (Å²) in [5.41, 5.74) is 3.27. The average molecular weight is 263 g/mol. The predicted octanol–water partition coefficient (Wildman–Crippen LogP) is 4.13. The number of hydrogen-bond acceptors (Lipinski definition) is 2. The van der Waals surface area contributed by atoms with Crippen molar-refractivity contribution in [1.82, 2.24) is 0 Å². The molecule has 2 aromatic carbocycles.